The smallest absolute Gasteiger partial charge is 0.122 e. The first kappa shape index (κ1) is 9.40. The van der Waals surface area contributed by atoms with Gasteiger partial charge in [0.1, 0.15) is 5.75 Å². The maximum Gasteiger partial charge on any atom is 0.122 e. The van der Waals surface area contributed by atoms with E-state index in [0.717, 1.165) is 27.3 Å². The molecule has 0 atom stereocenters. The first-order valence-electron chi connectivity index (χ1n) is 3.91. The molecular weight excluding hydrogens is 172 g/mol. The highest BCUT2D eigenvalue weighted by Gasteiger charge is 2.11. The summed E-state index contributed by atoms with van der Waals surface area (Å²) in [5.41, 5.74) is 3.70. The van der Waals surface area contributed by atoms with E-state index < -0.39 is 0 Å². The predicted molar refractivity (Wildman–Crippen MR) is 52.1 cm³/mol. The van der Waals surface area contributed by atoms with Gasteiger partial charge >= 0.3 is 0 Å². The Balaban J connectivity index is 3.60. The van der Waals surface area contributed by atoms with Crippen LogP contribution in [-0.4, -0.2) is 5.11 Å². The van der Waals surface area contributed by atoms with Crippen LogP contribution in [0.2, 0.25) is 5.02 Å². The molecule has 12 heavy (non-hydrogen) atoms. The topological polar surface area (TPSA) is 20.2 Å². The molecule has 0 amide bonds. The number of rotatable bonds is 0. The van der Waals surface area contributed by atoms with E-state index in [0.29, 0.717) is 5.75 Å². The standard InChI is InChI=1S/C10H13ClO/c1-5-7(3)10(12)8(4)6(2)9(5)11/h12H,1-4H3. The van der Waals surface area contributed by atoms with Crippen molar-refractivity contribution in [2.75, 3.05) is 0 Å². The zero-order valence-corrected chi connectivity index (χ0v) is 8.58. The maximum absolute atomic E-state index is 9.63. The lowest BCUT2D eigenvalue weighted by Crippen LogP contribution is -1.92. The SMILES string of the molecule is Cc1c(C)c(Cl)c(C)c(C)c1O. The number of phenolic OH excluding ortho intramolecular Hbond substituents is 1. The molecule has 0 saturated heterocycles. The quantitative estimate of drug-likeness (QED) is 0.656. The molecule has 0 radical (unpaired) electrons. The number of hydrogen-bond acceptors (Lipinski definition) is 1. The molecule has 1 aromatic rings. The van der Waals surface area contributed by atoms with Gasteiger partial charge in [0.2, 0.25) is 0 Å². The van der Waals surface area contributed by atoms with Gasteiger partial charge in [0, 0.05) is 5.02 Å². The summed E-state index contributed by atoms with van der Waals surface area (Å²) in [5.74, 6) is 0.370. The van der Waals surface area contributed by atoms with Crippen LogP contribution in [0, 0.1) is 27.7 Å². The Bertz CT molecular complexity index is 224. The zero-order valence-electron chi connectivity index (χ0n) is 7.83. The minimum Gasteiger partial charge on any atom is -0.507 e. The Morgan fingerprint density at radius 1 is 0.833 bits per heavy atom. The van der Waals surface area contributed by atoms with E-state index in [2.05, 4.69) is 0 Å². The van der Waals surface area contributed by atoms with Gasteiger partial charge in [0.05, 0.1) is 0 Å². The van der Waals surface area contributed by atoms with Gasteiger partial charge < -0.3 is 5.11 Å². The van der Waals surface area contributed by atoms with Crippen molar-refractivity contribution in [3.63, 3.8) is 0 Å². The number of benzene rings is 1. The second-order valence-corrected chi connectivity index (χ2v) is 3.54. The molecule has 0 heterocycles. The minimum atomic E-state index is 0.370. The molecule has 1 N–H and O–H groups in total. The minimum absolute atomic E-state index is 0.370. The molecule has 0 aliphatic heterocycles. The molecule has 0 bridgehead atoms. The molecule has 1 nitrogen and oxygen atoms in total. The monoisotopic (exact) mass is 184 g/mol. The lowest BCUT2D eigenvalue weighted by Gasteiger charge is -2.12. The molecule has 66 valence electrons. The lowest BCUT2D eigenvalue weighted by molar-refractivity contribution is 0.465. The Morgan fingerprint density at radius 3 is 1.50 bits per heavy atom. The average molecular weight is 185 g/mol. The summed E-state index contributed by atoms with van der Waals surface area (Å²) in [6.45, 7) is 7.60. The first-order valence-corrected chi connectivity index (χ1v) is 4.29. The molecule has 0 spiro atoms. The largest absolute Gasteiger partial charge is 0.507 e. The van der Waals surface area contributed by atoms with Crippen molar-refractivity contribution in [2.45, 2.75) is 27.7 Å². The van der Waals surface area contributed by atoms with Crippen molar-refractivity contribution in [1.29, 1.82) is 0 Å². The third kappa shape index (κ3) is 1.18. The fourth-order valence-electron chi connectivity index (χ4n) is 1.25. The summed E-state index contributed by atoms with van der Waals surface area (Å²) in [6, 6.07) is 0. The second-order valence-electron chi connectivity index (χ2n) is 3.16. The highest BCUT2D eigenvalue weighted by atomic mass is 35.5. The molecule has 0 unspecified atom stereocenters. The molecule has 1 rings (SSSR count). The van der Waals surface area contributed by atoms with Gasteiger partial charge in [-0.3, -0.25) is 0 Å². The van der Waals surface area contributed by atoms with Crippen molar-refractivity contribution in [3.8, 4) is 5.75 Å². The molecular formula is C10H13ClO. The predicted octanol–water partition coefficient (Wildman–Crippen LogP) is 3.28. The highest BCUT2D eigenvalue weighted by molar-refractivity contribution is 6.32. The van der Waals surface area contributed by atoms with E-state index in [-0.39, 0.29) is 0 Å². The molecule has 1 aromatic carbocycles. The molecule has 0 saturated carbocycles. The summed E-state index contributed by atoms with van der Waals surface area (Å²) in [7, 11) is 0. The van der Waals surface area contributed by atoms with Crippen molar-refractivity contribution < 1.29 is 5.11 Å². The Labute approximate surface area is 78.0 Å². The lowest BCUT2D eigenvalue weighted by atomic mass is 10.00. The average Bonchev–Trinajstić information content (AvgIpc) is 2.08. The van der Waals surface area contributed by atoms with Gasteiger partial charge in [-0.2, -0.15) is 0 Å². The summed E-state index contributed by atoms with van der Waals surface area (Å²) in [5, 5.41) is 10.4. The zero-order chi connectivity index (χ0) is 9.46. The third-order valence-corrected chi connectivity index (χ3v) is 3.06. The van der Waals surface area contributed by atoms with E-state index in [1.54, 1.807) is 0 Å². The molecule has 0 aliphatic rings. The van der Waals surface area contributed by atoms with Crippen LogP contribution in [0.5, 0.6) is 5.75 Å². The van der Waals surface area contributed by atoms with Crippen LogP contribution in [0.15, 0.2) is 0 Å². The van der Waals surface area contributed by atoms with Crippen LogP contribution in [0.3, 0.4) is 0 Å². The van der Waals surface area contributed by atoms with Crippen LogP contribution in [0.4, 0.5) is 0 Å². The van der Waals surface area contributed by atoms with E-state index in [4.69, 9.17) is 11.6 Å². The van der Waals surface area contributed by atoms with E-state index in [1.165, 1.54) is 0 Å². The number of halogens is 1. The summed E-state index contributed by atoms with van der Waals surface area (Å²) < 4.78 is 0. The van der Waals surface area contributed by atoms with Crippen LogP contribution < -0.4 is 0 Å². The van der Waals surface area contributed by atoms with Crippen LogP contribution >= 0.6 is 11.6 Å². The van der Waals surface area contributed by atoms with Crippen LogP contribution in [-0.2, 0) is 0 Å². The Kier molecular flexibility index (Phi) is 2.34. The molecule has 2 heteroatoms. The van der Waals surface area contributed by atoms with Crippen molar-refractivity contribution in [1.82, 2.24) is 0 Å². The van der Waals surface area contributed by atoms with Gasteiger partial charge in [-0.15, -0.1) is 0 Å². The van der Waals surface area contributed by atoms with Crippen molar-refractivity contribution >= 4 is 11.6 Å². The number of aromatic hydroxyl groups is 1. The summed E-state index contributed by atoms with van der Waals surface area (Å²) in [6.07, 6.45) is 0. The second kappa shape index (κ2) is 2.98. The van der Waals surface area contributed by atoms with E-state index >= 15 is 0 Å². The van der Waals surface area contributed by atoms with Gasteiger partial charge in [-0.1, -0.05) is 11.6 Å². The summed E-state index contributed by atoms with van der Waals surface area (Å²) >= 11 is 6.05. The fraction of sp³-hybridized carbons (Fsp3) is 0.400. The molecule has 0 aliphatic carbocycles. The number of hydrogen-bond donors (Lipinski definition) is 1. The first-order chi connectivity index (χ1) is 5.46. The normalized spacial score (nSPS) is 10.4. The Hall–Kier alpha value is -0.690. The van der Waals surface area contributed by atoms with E-state index in [1.807, 2.05) is 27.7 Å². The van der Waals surface area contributed by atoms with Gasteiger partial charge in [0.15, 0.2) is 0 Å². The van der Waals surface area contributed by atoms with Crippen LogP contribution in [0.1, 0.15) is 22.3 Å². The Morgan fingerprint density at radius 2 is 1.17 bits per heavy atom. The van der Waals surface area contributed by atoms with E-state index in [9.17, 15) is 5.11 Å². The van der Waals surface area contributed by atoms with Gasteiger partial charge in [-0.25, -0.2) is 0 Å². The fourth-order valence-corrected chi connectivity index (χ4v) is 1.53. The highest BCUT2D eigenvalue weighted by Crippen LogP contribution is 2.33. The van der Waals surface area contributed by atoms with Crippen molar-refractivity contribution in [2.24, 2.45) is 0 Å². The number of phenols is 1. The maximum atomic E-state index is 9.63. The third-order valence-electron chi connectivity index (χ3n) is 2.49. The molecule has 0 aromatic heterocycles. The molecule has 0 fully saturated rings. The summed E-state index contributed by atoms with van der Waals surface area (Å²) in [4.78, 5) is 0. The van der Waals surface area contributed by atoms with Crippen LogP contribution in [0.25, 0.3) is 0 Å². The van der Waals surface area contributed by atoms with Gasteiger partial charge in [-0.05, 0) is 49.9 Å². The van der Waals surface area contributed by atoms with Gasteiger partial charge in [0.25, 0.3) is 0 Å². The van der Waals surface area contributed by atoms with Crippen molar-refractivity contribution in [3.05, 3.63) is 27.3 Å².